The van der Waals surface area contributed by atoms with Gasteiger partial charge in [0.1, 0.15) is 23.6 Å². The molecule has 1 aromatic rings. The normalized spacial score (nSPS) is 35.2. The minimum Gasteiger partial charge on any atom is -0.508 e. The highest BCUT2D eigenvalue weighted by Gasteiger charge is 2.67. The summed E-state index contributed by atoms with van der Waals surface area (Å²) >= 11 is 0. The Hall–Kier alpha value is -2.38. The molecule has 0 bridgehead atoms. The van der Waals surface area contributed by atoms with Crippen LogP contribution in [0.15, 0.2) is 35.9 Å². The maximum atomic E-state index is 12.9. The van der Waals surface area contributed by atoms with Crippen LogP contribution in [0.2, 0.25) is 0 Å². The van der Waals surface area contributed by atoms with Crippen molar-refractivity contribution in [2.24, 2.45) is 17.3 Å². The summed E-state index contributed by atoms with van der Waals surface area (Å²) in [5.41, 5.74) is -1.25. The van der Waals surface area contributed by atoms with Crippen LogP contribution < -0.4 is 0 Å². The van der Waals surface area contributed by atoms with E-state index in [1.54, 1.807) is 6.08 Å². The van der Waals surface area contributed by atoms with Crippen molar-refractivity contribution in [3.05, 3.63) is 41.5 Å². The standard InChI is InChI=1S/C24H32O7/c1-13(2)24(29)20(30-15(4)25)12-23(5)19(27)11-14(3)10-18(21(23)24)31-22(28)16-6-8-17(26)9-7-16/h6-10,13,18-21,26-27,29H,11-12H2,1-5H3/t18-,19?,20?,21?,23+,24-/m1/s1. The third-order valence-corrected chi connectivity index (χ3v) is 6.98. The van der Waals surface area contributed by atoms with E-state index in [2.05, 4.69) is 0 Å². The number of benzene rings is 1. The summed E-state index contributed by atoms with van der Waals surface area (Å²) in [6.07, 6.45) is -0.0893. The summed E-state index contributed by atoms with van der Waals surface area (Å²) in [5, 5.41) is 32.5. The Morgan fingerprint density at radius 2 is 1.77 bits per heavy atom. The Bertz CT molecular complexity index is 874. The first-order valence-electron chi connectivity index (χ1n) is 10.6. The average molecular weight is 433 g/mol. The molecule has 0 amide bonds. The Balaban J connectivity index is 2.06. The van der Waals surface area contributed by atoms with Crippen LogP contribution in [0.1, 0.15) is 57.8 Å². The fourth-order valence-electron chi connectivity index (χ4n) is 5.34. The van der Waals surface area contributed by atoms with Crippen LogP contribution in [-0.4, -0.2) is 51.2 Å². The summed E-state index contributed by atoms with van der Waals surface area (Å²) in [6.45, 7) is 8.66. The van der Waals surface area contributed by atoms with Crippen molar-refractivity contribution < 1.29 is 34.4 Å². The second kappa shape index (κ2) is 8.28. The topological polar surface area (TPSA) is 113 Å². The van der Waals surface area contributed by atoms with E-state index in [1.807, 2.05) is 27.7 Å². The molecule has 0 radical (unpaired) electrons. The predicted molar refractivity (Wildman–Crippen MR) is 113 cm³/mol. The van der Waals surface area contributed by atoms with Crippen molar-refractivity contribution >= 4 is 11.9 Å². The lowest BCUT2D eigenvalue weighted by Gasteiger charge is -2.44. The Morgan fingerprint density at radius 1 is 1.16 bits per heavy atom. The number of carbonyl (C=O) groups is 2. The SMILES string of the molecule is CC(=O)OC1C[C@@]2(C)C(O)CC(C)=C[C@@H](OC(=O)c3ccc(O)cc3)C2[C@@]1(O)C(C)C. The lowest BCUT2D eigenvalue weighted by molar-refractivity contribution is -0.178. The molecule has 2 aliphatic rings. The van der Waals surface area contributed by atoms with E-state index in [0.29, 0.717) is 6.42 Å². The number of aromatic hydroxyl groups is 1. The summed E-state index contributed by atoms with van der Waals surface area (Å²) < 4.78 is 11.4. The number of phenolic OH excluding ortho intramolecular Hbond substituents is 1. The van der Waals surface area contributed by atoms with Gasteiger partial charge in [0.2, 0.25) is 0 Å². The van der Waals surface area contributed by atoms with Gasteiger partial charge in [-0.2, -0.15) is 0 Å². The largest absolute Gasteiger partial charge is 0.508 e. The minimum atomic E-state index is -1.51. The van der Waals surface area contributed by atoms with E-state index in [1.165, 1.54) is 31.2 Å². The van der Waals surface area contributed by atoms with Crippen LogP contribution in [0.4, 0.5) is 0 Å². The van der Waals surface area contributed by atoms with Crippen molar-refractivity contribution in [2.45, 2.75) is 71.4 Å². The second-order valence-electron chi connectivity index (χ2n) is 9.48. The van der Waals surface area contributed by atoms with Gasteiger partial charge in [-0.05, 0) is 56.0 Å². The smallest absolute Gasteiger partial charge is 0.338 e. The van der Waals surface area contributed by atoms with E-state index in [0.717, 1.165) is 5.57 Å². The fraction of sp³-hybridized carbons (Fsp3) is 0.583. The molecule has 0 heterocycles. The highest BCUT2D eigenvalue weighted by Crippen LogP contribution is 2.59. The van der Waals surface area contributed by atoms with Gasteiger partial charge in [0.25, 0.3) is 0 Å². The fourth-order valence-corrected chi connectivity index (χ4v) is 5.34. The van der Waals surface area contributed by atoms with Gasteiger partial charge in [0.15, 0.2) is 0 Å². The summed E-state index contributed by atoms with van der Waals surface area (Å²) in [5.74, 6) is -2.11. The molecular weight excluding hydrogens is 400 g/mol. The molecule has 0 saturated heterocycles. The predicted octanol–water partition coefficient (Wildman–Crippen LogP) is 2.97. The highest BCUT2D eigenvalue weighted by molar-refractivity contribution is 5.89. The zero-order chi connectivity index (χ0) is 23.1. The van der Waals surface area contributed by atoms with Gasteiger partial charge in [0, 0.05) is 18.3 Å². The van der Waals surface area contributed by atoms with E-state index < -0.39 is 47.2 Å². The van der Waals surface area contributed by atoms with Crippen LogP contribution in [0.3, 0.4) is 0 Å². The molecule has 31 heavy (non-hydrogen) atoms. The first-order chi connectivity index (χ1) is 14.4. The lowest BCUT2D eigenvalue weighted by Crippen LogP contribution is -2.56. The van der Waals surface area contributed by atoms with Crippen LogP contribution in [0.25, 0.3) is 0 Å². The average Bonchev–Trinajstić information content (AvgIpc) is 2.84. The number of rotatable bonds is 4. The molecule has 3 rings (SSSR count). The Morgan fingerprint density at radius 3 is 2.32 bits per heavy atom. The maximum absolute atomic E-state index is 12.9. The highest BCUT2D eigenvalue weighted by atomic mass is 16.6. The third-order valence-electron chi connectivity index (χ3n) is 6.98. The molecule has 2 aliphatic carbocycles. The van der Waals surface area contributed by atoms with Crippen molar-refractivity contribution in [2.75, 3.05) is 0 Å². The zero-order valence-electron chi connectivity index (χ0n) is 18.7. The van der Waals surface area contributed by atoms with Gasteiger partial charge in [-0.25, -0.2) is 4.79 Å². The van der Waals surface area contributed by atoms with Crippen LogP contribution in [-0.2, 0) is 14.3 Å². The van der Waals surface area contributed by atoms with Crippen LogP contribution in [0, 0.1) is 17.3 Å². The molecule has 0 spiro atoms. The second-order valence-corrected chi connectivity index (χ2v) is 9.48. The molecule has 0 aromatic heterocycles. The number of aliphatic hydroxyl groups is 2. The third kappa shape index (κ3) is 4.08. The number of hydrogen-bond acceptors (Lipinski definition) is 7. The summed E-state index contributed by atoms with van der Waals surface area (Å²) in [4.78, 5) is 24.7. The van der Waals surface area contributed by atoms with Crippen molar-refractivity contribution in [1.29, 1.82) is 0 Å². The zero-order valence-corrected chi connectivity index (χ0v) is 18.7. The molecule has 1 saturated carbocycles. The molecule has 1 aromatic carbocycles. The lowest BCUT2D eigenvalue weighted by atomic mass is 9.66. The molecule has 6 atom stereocenters. The number of aliphatic hydroxyl groups excluding tert-OH is 1. The van der Waals surface area contributed by atoms with Crippen molar-refractivity contribution in [3.8, 4) is 5.75 Å². The first-order valence-corrected chi connectivity index (χ1v) is 10.6. The van der Waals surface area contributed by atoms with Crippen LogP contribution >= 0.6 is 0 Å². The molecule has 7 heteroatoms. The van der Waals surface area contributed by atoms with E-state index in [4.69, 9.17) is 9.47 Å². The van der Waals surface area contributed by atoms with Gasteiger partial charge in [0.05, 0.1) is 11.7 Å². The molecule has 1 fully saturated rings. The molecule has 3 N–H and O–H groups in total. The first kappa shape index (κ1) is 23.3. The van der Waals surface area contributed by atoms with Crippen molar-refractivity contribution in [3.63, 3.8) is 0 Å². The van der Waals surface area contributed by atoms with Gasteiger partial charge >= 0.3 is 11.9 Å². The maximum Gasteiger partial charge on any atom is 0.338 e. The van der Waals surface area contributed by atoms with Crippen LogP contribution in [0.5, 0.6) is 5.75 Å². The van der Waals surface area contributed by atoms with Gasteiger partial charge in [-0.3, -0.25) is 4.79 Å². The molecule has 170 valence electrons. The van der Waals surface area contributed by atoms with E-state index in [9.17, 15) is 24.9 Å². The summed E-state index contributed by atoms with van der Waals surface area (Å²) in [6, 6.07) is 5.72. The Labute approximate surface area is 182 Å². The number of ether oxygens (including phenoxy) is 2. The van der Waals surface area contributed by atoms with E-state index in [-0.39, 0.29) is 23.7 Å². The van der Waals surface area contributed by atoms with Gasteiger partial charge in [-0.1, -0.05) is 26.3 Å². The molecule has 0 aliphatic heterocycles. The number of carbonyl (C=O) groups excluding carboxylic acids is 2. The monoisotopic (exact) mass is 432 g/mol. The minimum absolute atomic E-state index is 0.0339. The van der Waals surface area contributed by atoms with Gasteiger partial charge in [-0.15, -0.1) is 0 Å². The number of fused-ring (bicyclic) bond motifs is 1. The number of hydrogen-bond donors (Lipinski definition) is 3. The Kier molecular flexibility index (Phi) is 6.22. The summed E-state index contributed by atoms with van der Waals surface area (Å²) in [7, 11) is 0. The number of phenols is 1. The molecule has 3 unspecified atom stereocenters. The number of esters is 2. The van der Waals surface area contributed by atoms with Gasteiger partial charge < -0.3 is 24.8 Å². The molecular formula is C24H32O7. The quantitative estimate of drug-likeness (QED) is 0.495. The van der Waals surface area contributed by atoms with E-state index >= 15 is 0 Å². The van der Waals surface area contributed by atoms with Crippen molar-refractivity contribution in [1.82, 2.24) is 0 Å². The molecule has 7 nitrogen and oxygen atoms in total.